The number of sulfonamides is 1. The van der Waals surface area contributed by atoms with Crippen molar-refractivity contribution in [2.24, 2.45) is 0 Å². The molecule has 26 heavy (non-hydrogen) atoms. The molecule has 1 amide bonds. The number of aryl methyl sites for hydroxylation is 1. The predicted octanol–water partition coefficient (Wildman–Crippen LogP) is 3.33. The van der Waals surface area contributed by atoms with Gasteiger partial charge in [0.15, 0.2) is 0 Å². The Balaban J connectivity index is 1.97. The zero-order chi connectivity index (χ0) is 19.4. The lowest BCUT2D eigenvalue weighted by Gasteiger charge is -2.09. The summed E-state index contributed by atoms with van der Waals surface area (Å²) in [5, 5.41) is 1.78. The molecule has 1 heterocycles. The lowest BCUT2D eigenvalue weighted by Crippen LogP contribution is -2.34. The number of hydrogen-bond donors (Lipinski definition) is 2. The Labute approximate surface area is 153 Å². The molecular formula is C16H17F3N2O3S2. The third-order valence-corrected chi connectivity index (χ3v) is 6.41. The molecule has 0 radical (unpaired) electrons. The quantitative estimate of drug-likeness (QED) is 0.741. The zero-order valence-corrected chi connectivity index (χ0v) is 15.4. The van der Waals surface area contributed by atoms with E-state index in [0.717, 1.165) is 11.3 Å². The zero-order valence-electron chi connectivity index (χ0n) is 13.8. The van der Waals surface area contributed by atoms with Crippen molar-refractivity contribution < 1.29 is 26.4 Å². The third-order valence-electron chi connectivity index (χ3n) is 3.31. The highest BCUT2D eigenvalue weighted by Gasteiger charge is 2.27. The van der Waals surface area contributed by atoms with Gasteiger partial charge < -0.3 is 5.32 Å². The minimum Gasteiger partial charge on any atom is -0.347 e. The van der Waals surface area contributed by atoms with Crippen molar-refractivity contribution in [2.75, 3.05) is 11.3 Å². The van der Waals surface area contributed by atoms with E-state index in [1.807, 2.05) is 6.92 Å². The monoisotopic (exact) mass is 406 g/mol. The van der Waals surface area contributed by atoms with Crippen molar-refractivity contribution in [1.82, 2.24) is 5.32 Å². The van der Waals surface area contributed by atoms with Crippen molar-refractivity contribution in [3.05, 3.63) is 46.8 Å². The second-order valence-electron chi connectivity index (χ2n) is 5.45. The van der Waals surface area contributed by atoms with E-state index in [9.17, 15) is 26.4 Å². The van der Waals surface area contributed by atoms with Gasteiger partial charge in [-0.25, -0.2) is 8.42 Å². The van der Waals surface area contributed by atoms with E-state index in [2.05, 4.69) is 4.72 Å². The highest BCUT2D eigenvalue weighted by Crippen LogP contribution is 2.24. The topological polar surface area (TPSA) is 75.3 Å². The van der Waals surface area contributed by atoms with Crippen LogP contribution in [0.1, 0.15) is 17.4 Å². The Bertz CT molecular complexity index is 860. The molecule has 0 aliphatic rings. The van der Waals surface area contributed by atoms with Crippen molar-refractivity contribution in [2.45, 2.75) is 30.2 Å². The second kappa shape index (κ2) is 8.09. The van der Waals surface area contributed by atoms with Gasteiger partial charge in [0, 0.05) is 10.6 Å². The Morgan fingerprint density at radius 1 is 1.12 bits per heavy atom. The first-order valence-electron chi connectivity index (χ1n) is 7.63. The van der Waals surface area contributed by atoms with E-state index in [0.29, 0.717) is 11.3 Å². The van der Waals surface area contributed by atoms with Gasteiger partial charge in [0.25, 0.3) is 10.0 Å². The molecule has 0 aliphatic heterocycles. The largest absolute Gasteiger partial charge is 0.405 e. The van der Waals surface area contributed by atoms with Crippen LogP contribution in [0, 0.1) is 0 Å². The molecule has 1 aromatic heterocycles. The molecule has 0 aliphatic carbocycles. The Kier molecular flexibility index (Phi) is 6.30. The molecule has 0 fully saturated rings. The maximum Gasteiger partial charge on any atom is 0.405 e. The van der Waals surface area contributed by atoms with Crippen LogP contribution < -0.4 is 10.0 Å². The van der Waals surface area contributed by atoms with Gasteiger partial charge in [0.2, 0.25) is 5.91 Å². The van der Waals surface area contributed by atoms with Crippen molar-refractivity contribution >= 4 is 33.0 Å². The van der Waals surface area contributed by atoms with Gasteiger partial charge in [-0.1, -0.05) is 19.1 Å². The normalized spacial score (nSPS) is 12.0. The molecule has 1 aromatic carbocycles. The molecule has 2 rings (SSSR count). The number of anilines is 1. The van der Waals surface area contributed by atoms with Crippen molar-refractivity contribution in [3.8, 4) is 0 Å². The first kappa shape index (κ1) is 20.2. The molecule has 2 N–H and O–H groups in total. The summed E-state index contributed by atoms with van der Waals surface area (Å²) in [6.45, 7) is 0.545. The number of amides is 1. The molecule has 5 nitrogen and oxygen atoms in total. The first-order valence-corrected chi connectivity index (χ1v) is 9.93. The third kappa shape index (κ3) is 6.03. The number of hydrogen-bond acceptors (Lipinski definition) is 4. The van der Waals surface area contributed by atoms with E-state index in [1.54, 1.807) is 11.4 Å². The van der Waals surface area contributed by atoms with E-state index in [1.165, 1.54) is 41.7 Å². The summed E-state index contributed by atoms with van der Waals surface area (Å²) in [7, 11) is -3.70. The summed E-state index contributed by atoms with van der Waals surface area (Å²) < 4.78 is 63.4. The molecular weight excluding hydrogens is 389 g/mol. The van der Waals surface area contributed by atoms with Crippen LogP contribution in [0.15, 0.2) is 40.6 Å². The Morgan fingerprint density at radius 3 is 2.31 bits per heavy atom. The fourth-order valence-electron chi connectivity index (χ4n) is 2.04. The maximum absolute atomic E-state index is 12.3. The van der Waals surface area contributed by atoms with Gasteiger partial charge >= 0.3 is 6.18 Å². The number of rotatable bonds is 7. The van der Waals surface area contributed by atoms with E-state index < -0.39 is 28.7 Å². The minimum atomic E-state index is -4.46. The van der Waals surface area contributed by atoms with E-state index in [-0.39, 0.29) is 10.6 Å². The summed E-state index contributed by atoms with van der Waals surface area (Å²) in [5.41, 5.74) is 0.771. The van der Waals surface area contributed by atoms with Gasteiger partial charge in [0.1, 0.15) is 10.8 Å². The van der Waals surface area contributed by atoms with Gasteiger partial charge in [0.05, 0.1) is 6.42 Å². The fraction of sp³-hybridized carbons (Fsp3) is 0.312. The first-order chi connectivity index (χ1) is 12.1. The van der Waals surface area contributed by atoms with Gasteiger partial charge in [-0.3, -0.25) is 9.52 Å². The number of carbonyl (C=O) groups excluding carboxylic acids is 1. The van der Waals surface area contributed by atoms with Crippen LogP contribution >= 0.6 is 11.3 Å². The number of alkyl halides is 3. The Hall–Kier alpha value is -2.07. The minimum absolute atomic E-state index is 0.199. The smallest absolute Gasteiger partial charge is 0.347 e. The summed E-state index contributed by atoms with van der Waals surface area (Å²) >= 11 is 1.18. The lowest BCUT2D eigenvalue weighted by molar-refractivity contribution is -0.138. The average molecular weight is 406 g/mol. The standard InChI is InChI=1S/C16H17F3N2O3S2/c1-2-13-7-8-15(25-13)26(23,24)21-12-5-3-11(4-6-12)9-14(22)20-10-16(17,18)19/h3-8,21H,2,9-10H2,1H3,(H,20,22). The van der Waals surface area contributed by atoms with Gasteiger partial charge in [-0.15, -0.1) is 11.3 Å². The van der Waals surface area contributed by atoms with E-state index in [4.69, 9.17) is 0 Å². The molecule has 0 saturated carbocycles. The van der Waals surface area contributed by atoms with Crippen molar-refractivity contribution in [3.63, 3.8) is 0 Å². The van der Waals surface area contributed by atoms with E-state index >= 15 is 0 Å². The van der Waals surface area contributed by atoms with Crippen LogP contribution in [-0.2, 0) is 27.7 Å². The molecule has 0 unspecified atom stereocenters. The van der Waals surface area contributed by atoms with Gasteiger partial charge in [-0.05, 0) is 36.2 Å². The molecule has 0 bridgehead atoms. The number of benzene rings is 1. The molecule has 10 heteroatoms. The highest BCUT2D eigenvalue weighted by molar-refractivity contribution is 7.94. The number of carbonyl (C=O) groups is 1. The van der Waals surface area contributed by atoms with Crippen LogP contribution in [0.4, 0.5) is 18.9 Å². The van der Waals surface area contributed by atoms with Crippen LogP contribution in [-0.4, -0.2) is 27.0 Å². The number of thiophene rings is 1. The maximum atomic E-state index is 12.3. The van der Waals surface area contributed by atoms with Gasteiger partial charge in [-0.2, -0.15) is 13.2 Å². The molecule has 0 atom stereocenters. The van der Waals surface area contributed by atoms with Crippen molar-refractivity contribution in [1.29, 1.82) is 0 Å². The highest BCUT2D eigenvalue weighted by atomic mass is 32.2. The van der Waals surface area contributed by atoms with Crippen LogP contribution in [0.2, 0.25) is 0 Å². The van der Waals surface area contributed by atoms with Crippen LogP contribution in [0.3, 0.4) is 0 Å². The number of nitrogens with one attached hydrogen (secondary N) is 2. The lowest BCUT2D eigenvalue weighted by atomic mass is 10.1. The van der Waals surface area contributed by atoms with Crippen LogP contribution in [0.5, 0.6) is 0 Å². The summed E-state index contributed by atoms with van der Waals surface area (Å²) in [6.07, 6.45) is -3.95. The summed E-state index contributed by atoms with van der Waals surface area (Å²) in [6, 6.07) is 9.16. The molecule has 0 spiro atoms. The summed E-state index contributed by atoms with van der Waals surface area (Å²) in [4.78, 5) is 12.4. The predicted molar refractivity (Wildman–Crippen MR) is 93.7 cm³/mol. The number of halogens is 3. The van der Waals surface area contributed by atoms with Crippen LogP contribution in [0.25, 0.3) is 0 Å². The fourth-order valence-corrected chi connectivity index (χ4v) is 4.39. The summed E-state index contributed by atoms with van der Waals surface area (Å²) in [5.74, 6) is -0.763. The Morgan fingerprint density at radius 2 is 1.77 bits per heavy atom. The molecule has 0 saturated heterocycles. The SMILES string of the molecule is CCc1ccc(S(=O)(=O)Nc2ccc(CC(=O)NCC(F)(F)F)cc2)s1. The molecule has 2 aromatic rings. The molecule has 142 valence electrons. The average Bonchev–Trinajstić information content (AvgIpc) is 3.04. The second-order valence-corrected chi connectivity index (χ2v) is 8.52.